The number of pyridine rings is 1. The van der Waals surface area contributed by atoms with Crippen molar-refractivity contribution < 1.29 is 9.53 Å². The van der Waals surface area contributed by atoms with E-state index in [9.17, 15) is 4.79 Å². The maximum atomic E-state index is 12.1. The Kier molecular flexibility index (Phi) is 3.48. The molecule has 108 valence electrons. The van der Waals surface area contributed by atoms with Crippen LogP contribution in [0.5, 0.6) is 5.75 Å². The van der Waals surface area contributed by atoms with Crippen LogP contribution in [0.2, 0.25) is 0 Å². The summed E-state index contributed by atoms with van der Waals surface area (Å²) < 4.78 is 5.86. The molecule has 0 bridgehead atoms. The van der Waals surface area contributed by atoms with Crippen LogP contribution in [-0.2, 0) is 0 Å². The Morgan fingerprint density at radius 1 is 1.24 bits per heavy atom. The van der Waals surface area contributed by atoms with Crippen molar-refractivity contribution in [2.45, 2.75) is 25.5 Å². The minimum Gasteiger partial charge on any atom is -0.468 e. The first kappa shape index (κ1) is 13.4. The van der Waals surface area contributed by atoms with Gasteiger partial charge in [0, 0.05) is 19.0 Å². The van der Waals surface area contributed by atoms with Gasteiger partial charge >= 0.3 is 6.03 Å². The van der Waals surface area contributed by atoms with E-state index in [2.05, 4.69) is 15.6 Å². The minimum absolute atomic E-state index is 0.278. The maximum absolute atomic E-state index is 12.1. The van der Waals surface area contributed by atoms with Crippen molar-refractivity contribution >= 4 is 11.7 Å². The van der Waals surface area contributed by atoms with Gasteiger partial charge in [-0.2, -0.15) is 0 Å². The Labute approximate surface area is 123 Å². The lowest BCUT2D eigenvalue weighted by molar-refractivity contribution is 0.147. The summed E-state index contributed by atoms with van der Waals surface area (Å²) >= 11 is 0. The molecule has 5 heteroatoms. The zero-order chi connectivity index (χ0) is 14.7. The van der Waals surface area contributed by atoms with Crippen molar-refractivity contribution in [2.24, 2.45) is 0 Å². The Bertz CT molecular complexity index is 639. The van der Waals surface area contributed by atoms with Crippen molar-refractivity contribution in [1.82, 2.24) is 10.3 Å². The third-order valence-corrected chi connectivity index (χ3v) is 3.39. The third-order valence-electron chi connectivity index (χ3n) is 3.39. The van der Waals surface area contributed by atoms with Crippen LogP contribution in [0.4, 0.5) is 10.5 Å². The second-order valence-corrected chi connectivity index (χ2v) is 5.18. The predicted molar refractivity (Wildman–Crippen MR) is 80.2 cm³/mol. The monoisotopic (exact) mass is 283 g/mol. The largest absolute Gasteiger partial charge is 0.468 e. The number of urea groups is 1. The number of amides is 2. The molecular formula is C16H17N3O2. The molecule has 1 aromatic carbocycles. The Morgan fingerprint density at radius 3 is 2.67 bits per heavy atom. The smallest absolute Gasteiger partial charge is 0.322 e. The van der Waals surface area contributed by atoms with Gasteiger partial charge < -0.3 is 10.1 Å². The molecule has 2 amide bonds. The van der Waals surface area contributed by atoms with Gasteiger partial charge in [0.15, 0.2) is 5.72 Å². The molecular weight excluding hydrogens is 266 g/mol. The molecule has 3 rings (SSSR count). The number of ether oxygens (including phenoxy) is 1. The number of nitrogens with one attached hydrogen (secondary N) is 2. The summed E-state index contributed by atoms with van der Waals surface area (Å²) in [4.78, 5) is 16.1. The molecule has 2 N–H and O–H groups in total. The van der Waals surface area contributed by atoms with Crippen molar-refractivity contribution in [1.29, 1.82) is 0 Å². The number of hydrogen-bond acceptors (Lipinski definition) is 3. The standard InChI is InChI=1S/C16H17N3O2/c1-12-7-10-17-11-14(12)18-15(20)19-16(8-9-16)21-13-5-3-2-4-6-13/h2-7,10-11H,8-9H2,1H3,(H2,18,19,20). The first-order chi connectivity index (χ1) is 10.2. The summed E-state index contributed by atoms with van der Waals surface area (Å²) in [5.74, 6) is 0.757. The van der Waals surface area contributed by atoms with E-state index < -0.39 is 5.72 Å². The Hall–Kier alpha value is -2.56. The summed E-state index contributed by atoms with van der Waals surface area (Å²) in [7, 11) is 0. The van der Waals surface area contributed by atoms with Crippen LogP contribution in [0, 0.1) is 6.92 Å². The first-order valence-corrected chi connectivity index (χ1v) is 6.91. The highest BCUT2D eigenvalue weighted by Gasteiger charge is 2.47. The molecule has 2 aromatic rings. The van der Waals surface area contributed by atoms with Crippen molar-refractivity contribution in [3.05, 3.63) is 54.4 Å². The van der Waals surface area contributed by atoms with Crippen molar-refractivity contribution in [3.8, 4) is 5.75 Å². The van der Waals surface area contributed by atoms with Gasteiger partial charge in [-0.1, -0.05) is 18.2 Å². The summed E-state index contributed by atoms with van der Waals surface area (Å²) in [5, 5.41) is 5.69. The van der Waals surface area contributed by atoms with Crippen LogP contribution in [-0.4, -0.2) is 16.7 Å². The van der Waals surface area contributed by atoms with Gasteiger partial charge in [-0.3, -0.25) is 10.3 Å². The quantitative estimate of drug-likeness (QED) is 0.848. The lowest BCUT2D eigenvalue weighted by Gasteiger charge is -2.20. The van der Waals surface area contributed by atoms with Gasteiger partial charge in [0.05, 0.1) is 11.9 Å². The molecule has 0 saturated heterocycles. The minimum atomic E-state index is -0.582. The van der Waals surface area contributed by atoms with E-state index >= 15 is 0 Å². The van der Waals surface area contributed by atoms with E-state index in [0.29, 0.717) is 5.69 Å². The van der Waals surface area contributed by atoms with Crippen LogP contribution in [0.3, 0.4) is 0 Å². The van der Waals surface area contributed by atoms with Crippen molar-refractivity contribution in [2.75, 3.05) is 5.32 Å². The molecule has 1 aliphatic carbocycles. The molecule has 1 aromatic heterocycles. The second kappa shape index (κ2) is 5.44. The fourth-order valence-electron chi connectivity index (χ4n) is 2.04. The van der Waals surface area contributed by atoms with E-state index in [1.165, 1.54) is 0 Å². The normalized spacial score (nSPS) is 15.1. The van der Waals surface area contributed by atoms with E-state index in [4.69, 9.17) is 4.74 Å². The number of para-hydroxylation sites is 1. The lowest BCUT2D eigenvalue weighted by Crippen LogP contribution is -2.43. The van der Waals surface area contributed by atoms with Gasteiger partial charge in [-0.25, -0.2) is 4.79 Å². The molecule has 1 heterocycles. The molecule has 5 nitrogen and oxygen atoms in total. The van der Waals surface area contributed by atoms with Crippen molar-refractivity contribution in [3.63, 3.8) is 0 Å². The van der Waals surface area contributed by atoms with Gasteiger partial charge in [0.2, 0.25) is 0 Å². The van der Waals surface area contributed by atoms with E-state index in [1.54, 1.807) is 12.4 Å². The molecule has 1 aliphatic rings. The average molecular weight is 283 g/mol. The van der Waals surface area contributed by atoms with Gasteiger partial charge in [-0.05, 0) is 30.7 Å². The van der Waals surface area contributed by atoms with E-state index in [-0.39, 0.29) is 6.03 Å². The van der Waals surface area contributed by atoms with Crippen LogP contribution < -0.4 is 15.4 Å². The molecule has 21 heavy (non-hydrogen) atoms. The summed E-state index contributed by atoms with van der Waals surface area (Å²) in [6.45, 7) is 1.92. The average Bonchev–Trinajstić information content (AvgIpc) is 3.21. The highest BCUT2D eigenvalue weighted by molar-refractivity contribution is 5.90. The van der Waals surface area contributed by atoms with Crippen LogP contribution in [0.1, 0.15) is 18.4 Å². The van der Waals surface area contributed by atoms with Gasteiger partial charge in [0.25, 0.3) is 0 Å². The summed E-state index contributed by atoms with van der Waals surface area (Å²) in [6, 6.07) is 11.1. The van der Waals surface area contributed by atoms with Crippen LogP contribution in [0.25, 0.3) is 0 Å². The number of aromatic nitrogens is 1. The number of benzene rings is 1. The number of carbonyl (C=O) groups is 1. The van der Waals surface area contributed by atoms with Crippen LogP contribution >= 0.6 is 0 Å². The van der Waals surface area contributed by atoms with Gasteiger partial charge in [0.1, 0.15) is 5.75 Å². The topological polar surface area (TPSA) is 63.2 Å². The number of aryl methyl sites for hydroxylation is 1. The fourth-order valence-corrected chi connectivity index (χ4v) is 2.04. The molecule has 0 atom stereocenters. The number of rotatable bonds is 4. The second-order valence-electron chi connectivity index (χ2n) is 5.18. The Morgan fingerprint density at radius 2 is 2.00 bits per heavy atom. The number of carbonyl (C=O) groups excluding carboxylic acids is 1. The highest BCUT2D eigenvalue weighted by atomic mass is 16.5. The van der Waals surface area contributed by atoms with E-state index in [0.717, 1.165) is 24.2 Å². The predicted octanol–water partition coefficient (Wildman–Crippen LogP) is 3.08. The van der Waals surface area contributed by atoms with Gasteiger partial charge in [-0.15, -0.1) is 0 Å². The lowest BCUT2D eigenvalue weighted by atomic mass is 10.2. The zero-order valence-electron chi connectivity index (χ0n) is 11.8. The first-order valence-electron chi connectivity index (χ1n) is 6.91. The number of anilines is 1. The van der Waals surface area contributed by atoms with Crippen LogP contribution in [0.15, 0.2) is 48.8 Å². The van der Waals surface area contributed by atoms with E-state index in [1.807, 2.05) is 43.3 Å². The number of nitrogens with zero attached hydrogens (tertiary/aromatic N) is 1. The molecule has 0 unspecified atom stereocenters. The highest BCUT2D eigenvalue weighted by Crippen LogP contribution is 2.37. The number of hydrogen-bond donors (Lipinski definition) is 2. The zero-order valence-corrected chi connectivity index (χ0v) is 11.8. The molecule has 1 fully saturated rings. The third kappa shape index (κ3) is 3.31. The summed E-state index contributed by atoms with van der Waals surface area (Å²) in [6.07, 6.45) is 4.94. The SMILES string of the molecule is Cc1ccncc1NC(=O)NC1(Oc2ccccc2)CC1. The Balaban J connectivity index is 1.61. The molecule has 0 radical (unpaired) electrons. The summed E-state index contributed by atoms with van der Waals surface area (Å²) in [5.41, 5.74) is 1.08. The maximum Gasteiger partial charge on any atom is 0.322 e. The molecule has 0 aliphatic heterocycles. The molecule has 0 spiro atoms. The molecule has 1 saturated carbocycles. The fraction of sp³-hybridized carbons (Fsp3) is 0.250.